The predicted molar refractivity (Wildman–Crippen MR) is 67.9 cm³/mol. The molecule has 1 aromatic rings. The van der Waals surface area contributed by atoms with Crippen LogP contribution in [-0.2, 0) is 0 Å². The van der Waals surface area contributed by atoms with Gasteiger partial charge in [-0.25, -0.2) is 0 Å². The molecule has 0 saturated carbocycles. The second kappa shape index (κ2) is 6.28. The summed E-state index contributed by atoms with van der Waals surface area (Å²) in [6, 6.07) is 5.26. The third-order valence-corrected chi connectivity index (χ3v) is 1.99. The number of aldehydes is 1. The summed E-state index contributed by atoms with van der Waals surface area (Å²) < 4.78 is 11.2. The van der Waals surface area contributed by atoms with Gasteiger partial charge in [0.2, 0.25) is 0 Å². The van der Waals surface area contributed by atoms with Crippen molar-refractivity contribution in [2.24, 2.45) is 5.92 Å². The smallest absolute Gasteiger partial charge is 0.150 e. The van der Waals surface area contributed by atoms with Gasteiger partial charge in [0.1, 0.15) is 17.8 Å². The summed E-state index contributed by atoms with van der Waals surface area (Å²) in [5, 5.41) is 0. The second-order valence-corrected chi connectivity index (χ2v) is 4.73. The standard InChI is InChI=1S/C14H20O3/c1-10(2)9-16-13-5-12(8-15)6-14(7-13)17-11(3)4/h5-8,10-11H,9H2,1-4H3. The van der Waals surface area contributed by atoms with Crippen molar-refractivity contribution >= 4 is 6.29 Å². The van der Waals surface area contributed by atoms with Gasteiger partial charge in [-0.2, -0.15) is 0 Å². The molecule has 0 aliphatic carbocycles. The van der Waals surface area contributed by atoms with Crippen LogP contribution in [0.1, 0.15) is 38.1 Å². The SMILES string of the molecule is CC(C)COc1cc(C=O)cc(OC(C)C)c1. The molecule has 0 aliphatic rings. The zero-order chi connectivity index (χ0) is 12.8. The fraction of sp³-hybridized carbons (Fsp3) is 0.500. The lowest BCUT2D eigenvalue weighted by atomic mass is 10.2. The molecule has 0 heterocycles. The van der Waals surface area contributed by atoms with Gasteiger partial charge in [0.15, 0.2) is 0 Å². The highest BCUT2D eigenvalue weighted by Crippen LogP contribution is 2.23. The number of rotatable bonds is 6. The normalized spacial score (nSPS) is 10.7. The Hall–Kier alpha value is -1.51. The number of carbonyl (C=O) groups is 1. The van der Waals surface area contributed by atoms with E-state index in [1.807, 2.05) is 19.9 Å². The Labute approximate surface area is 103 Å². The molecule has 17 heavy (non-hydrogen) atoms. The summed E-state index contributed by atoms with van der Waals surface area (Å²) >= 11 is 0. The largest absolute Gasteiger partial charge is 0.493 e. The minimum Gasteiger partial charge on any atom is -0.493 e. The third kappa shape index (κ3) is 4.89. The molecule has 0 spiro atoms. The van der Waals surface area contributed by atoms with Gasteiger partial charge in [-0.15, -0.1) is 0 Å². The molecule has 3 heteroatoms. The molecule has 3 nitrogen and oxygen atoms in total. The lowest BCUT2D eigenvalue weighted by Gasteiger charge is -2.13. The van der Waals surface area contributed by atoms with Crippen LogP contribution in [0.5, 0.6) is 11.5 Å². The molecule has 0 aliphatic heterocycles. The van der Waals surface area contributed by atoms with Gasteiger partial charge in [-0.05, 0) is 31.9 Å². The molecule has 0 aromatic heterocycles. The van der Waals surface area contributed by atoms with Gasteiger partial charge in [0.05, 0.1) is 12.7 Å². The predicted octanol–water partition coefficient (Wildman–Crippen LogP) is 3.32. The number of hydrogen-bond donors (Lipinski definition) is 0. The first-order chi connectivity index (χ1) is 8.01. The fourth-order valence-corrected chi connectivity index (χ4v) is 1.35. The minimum absolute atomic E-state index is 0.0786. The van der Waals surface area contributed by atoms with Crippen LogP contribution in [0.4, 0.5) is 0 Å². The Kier molecular flexibility index (Phi) is 5.01. The van der Waals surface area contributed by atoms with Gasteiger partial charge in [0.25, 0.3) is 0 Å². The molecule has 0 saturated heterocycles. The highest BCUT2D eigenvalue weighted by Gasteiger charge is 2.05. The van der Waals surface area contributed by atoms with E-state index in [1.165, 1.54) is 0 Å². The van der Waals surface area contributed by atoms with E-state index in [-0.39, 0.29) is 6.10 Å². The van der Waals surface area contributed by atoms with Crippen LogP contribution < -0.4 is 9.47 Å². The van der Waals surface area contributed by atoms with E-state index in [4.69, 9.17) is 9.47 Å². The molecule has 0 fully saturated rings. The van der Waals surface area contributed by atoms with Crippen LogP contribution in [0, 0.1) is 5.92 Å². The zero-order valence-electron chi connectivity index (χ0n) is 10.9. The number of benzene rings is 1. The molecule has 0 bridgehead atoms. The second-order valence-electron chi connectivity index (χ2n) is 4.73. The van der Waals surface area contributed by atoms with E-state index < -0.39 is 0 Å². The Bertz CT molecular complexity index is 370. The number of hydrogen-bond acceptors (Lipinski definition) is 3. The zero-order valence-corrected chi connectivity index (χ0v) is 10.9. The van der Waals surface area contributed by atoms with E-state index in [0.717, 1.165) is 6.29 Å². The maximum atomic E-state index is 10.8. The average Bonchev–Trinajstić information content (AvgIpc) is 2.25. The van der Waals surface area contributed by atoms with Crippen LogP contribution in [0.25, 0.3) is 0 Å². The molecule has 0 unspecified atom stereocenters. The first kappa shape index (κ1) is 13.6. The minimum atomic E-state index is 0.0786. The van der Waals surface area contributed by atoms with Crippen molar-refractivity contribution in [3.63, 3.8) is 0 Å². The molecular weight excluding hydrogens is 216 g/mol. The average molecular weight is 236 g/mol. The van der Waals surface area contributed by atoms with Crippen molar-refractivity contribution in [1.29, 1.82) is 0 Å². The molecule has 0 N–H and O–H groups in total. The Morgan fingerprint density at radius 2 is 1.76 bits per heavy atom. The Morgan fingerprint density at radius 3 is 2.29 bits per heavy atom. The molecular formula is C14H20O3. The van der Waals surface area contributed by atoms with Gasteiger partial charge in [-0.1, -0.05) is 13.8 Å². The third-order valence-electron chi connectivity index (χ3n) is 1.99. The summed E-state index contributed by atoms with van der Waals surface area (Å²) in [4.78, 5) is 10.8. The van der Waals surface area contributed by atoms with Crippen LogP contribution in [-0.4, -0.2) is 19.0 Å². The van der Waals surface area contributed by atoms with Crippen molar-refractivity contribution in [2.45, 2.75) is 33.8 Å². The van der Waals surface area contributed by atoms with Crippen molar-refractivity contribution < 1.29 is 14.3 Å². The summed E-state index contributed by atoms with van der Waals surface area (Å²) in [5.74, 6) is 1.80. The topological polar surface area (TPSA) is 35.5 Å². The monoisotopic (exact) mass is 236 g/mol. The van der Waals surface area contributed by atoms with Gasteiger partial charge in [0, 0.05) is 11.6 Å². The molecule has 0 amide bonds. The Balaban J connectivity index is 2.84. The first-order valence-electron chi connectivity index (χ1n) is 5.91. The van der Waals surface area contributed by atoms with Crippen LogP contribution in [0.3, 0.4) is 0 Å². The van der Waals surface area contributed by atoms with E-state index in [1.54, 1.807) is 12.1 Å². The summed E-state index contributed by atoms with van der Waals surface area (Å²) in [6.45, 7) is 8.68. The van der Waals surface area contributed by atoms with E-state index in [9.17, 15) is 4.79 Å². The highest BCUT2D eigenvalue weighted by atomic mass is 16.5. The lowest BCUT2D eigenvalue weighted by Crippen LogP contribution is -2.07. The lowest BCUT2D eigenvalue weighted by molar-refractivity contribution is 0.112. The molecule has 0 atom stereocenters. The van der Waals surface area contributed by atoms with Gasteiger partial charge in [-0.3, -0.25) is 4.79 Å². The van der Waals surface area contributed by atoms with Crippen molar-refractivity contribution in [1.82, 2.24) is 0 Å². The van der Waals surface area contributed by atoms with Crippen molar-refractivity contribution in [2.75, 3.05) is 6.61 Å². The van der Waals surface area contributed by atoms with Gasteiger partial charge >= 0.3 is 0 Å². The Morgan fingerprint density at radius 1 is 1.12 bits per heavy atom. The quantitative estimate of drug-likeness (QED) is 0.711. The number of ether oxygens (including phenoxy) is 2. The molecule has 94 valence electrons. The number of carbonyl (C=O) groups excluding carboxylic acids is 1. The van der Waals surface area contributed by atoms with Crippen molar-refractivity contribution in [3.05, 3.63) is 23.8 Å². The van der Waals surface area contributed by atoms with E-state index in [2.05, 4.69) is 13.8 Å². The maximum Gasteiger partial charge on any atom is 0.150 e. The maximum absolute atomic E-state index is 10.8. The van der Waals surface area contributed by atoms with Crippen LogP contribution >= 0.6 is 0 Å². The van der Waals surface area contributed by atoms with E-state index >= 15 is 0 Å². The summed E-state index contributed by atoms with van der Waals surface area (Å²) in [7, 11) is 0. The molecule has 1 aromatic carbocycles. The van der Waals surface area contributed by atoms with Crippen molar-refractivity contribution in [3.8, 4) is 11.5 Å². The fourth-order valence-electron chi connectivity index (χ4n) is 1.35. The van der Waals surface area contributed by atoms with E-state index in [0.29, 0.717) is 29.6 Å². The van der Waals surface area contributed by atoms with Crippen LogP contribution in [0.15, 0.2) is 18.2 Å². The van der Waals surface area contributed by atoms with Crippen LogP contribution in [0.2, 0.25) is 0 Å². The highest BCUT2D eigenvalue weighted by molar-refractivity contribution is 5.76. The summed E-state index contributed by atoms with van der Waals surface area (Å²) in [6.07, 6.45) is 0.880. The first-order valence-corrected chi connectivity index (χ1v) is 5.91. The molecule has 1 rings (SSSR count). The van der Waals surface area contributed by atoms with Gasteiger partial charge < -0.3 is 9.47 Å². The molecule has 0 radical (unpaired) electrons. The summed E-state index contributed by atoms with van der Waals surface area (Å²) in [5.41, 5.74) is 0.571.